The third-order valence-electron chi connectivity index (χ3n) is 1.36. The summed E-state index contributed by atoms with van der Waals surface area (Å²) in [5, 5.41) is 9.31. The lowest BCUT2D eigenvalue weighted by Gasteiger charge is -2.07. The van der Waals surface area contributed by atoms with Crippen molar-refractivity contribution in [2.24, 2.45) is 0 Å². The van der Waals surface area contributed by atoms with Crippen molar-refractivity contribution >= 4 is 21.4 Å². The Morgan fingerprint density at radius 2 is 2.08 bits per heavy atom. The van der Waals surface area contributed by atoms with Gasteiger partial charge in [0.05, 0.1) is 17.6 Å². The molecule has 0 radical (unpaired) electrons. The lowest BCUT2D eigenvalue weighted by atomic mass is 10.2. The van der Waals surface area contributed by atoms with Gasteiger partial charge in [0.15, 0.2) is 5.75 Å². The fourth-order valence-corrected chi connectivity index (χ4v) is 1.41. The second-order valence-electron chi connectivity index (χ2n) is 2.62. The highest BCUT2D eigenvalue weighted by Crippen LogP contribution is 2.29. The van der Waals surface area contributed by atoms with Crippen LogP contribution in [0.3, 0.4) is 0 Å². The van der Waals surface area contributed by atoms with Crippen LogP contribution in [0.4, 0.5) is 11.4 Å². The van der Waals surface area contributed by atoms with Gasteiger partial charge < -0.3 is 10.8 Å². The van der Waals surface area contributed by atoms with Crippen molar-refractivity contribution in [1.82, 2.24) is 0 Å². The van der Waals surface area contributed by atoms with Crippen LogP contribution in [0.15, 0.2) is 18.2 Å². The van der Waals surface area contributed by atoms with Gasteiger partial charge in [0.2, 0.25) is 10.0 Å². The summed E-state index contributed by atoms with van der Waals surface area (Å²) in [5.41, 5.74) is 5.57. The molecule has 5 nitrogen and oxygen atoms in total. The second-order valence-corrected chi connectivity index (χ2v) is 4.37. The van der Waals surface area contributed by atoms with E-state index in [1.165, 1.54) is 12.1 Å². The zero-order chi connectivity index (χ0) is 10.1. The van der Waals surface area contributed by atoms with Crippen LogP contribution in [-0.2, 0) is 10.0 Å². The summed E-state index contributed by atoms with van der Waals surface area (Å²) in [6.45, 7) is 0. The van der Waals surface area contributed by atoms with Gasteiger partial charge in [0.25, 0.3) is 0 Å². The molecule has 0 bridgehead atoms. The Labute approximate surface area is 76.2 Å². The molecule has 0 saturated heterocycles. The molecule has 13 heavy (non-hydrogen) atoms. The van der Waals surface area contributed by atoms with Crippen LogP contribution in [-0.4, -0.2) is 19.8 Å². The molecule has 0 fully saturated rings. The summed E-state index contributed by atoms with van der Waals surface area (Å²) in [6, 6.07) is 4.44. The standard InChI is InChI=1S/C7H10N2O3S/c1-13(11,12)9-6-4-2-3-5(8)7(6)10/h2-4,9-10H,8H2,1H3. The molecule has 6 heteroatoms. The molecule has 1 aromatic carbocycles. The number of sulfonamides is 1. The van der Waals surface area contributed by atoms with E-state index in [1.807, 2.05) is 0 Å². The van der Waals surface area contributed by atoms with Gasteiger partial charge in [0, 0.05) is 0 Å². The van der Waals surface area contributed by atoms with E-state index >= 15 is 0 Å². The molecule has 0 aromatic heterocycles. The van der Waals surface area contributed by atoms with E-state index in [0.29, 0.717) is 0 Å². The molecule has 0 heterocycles. The molecule has 4 N–H and O–H groups in total. The monoisotopic (exact) mass is 202 g/mol. The molecule has 0 unspecified atom stereocenters. The Morgan fingerprint density at radius 1 is 1.46 bits per heavy atom. The Morgan fingerprint density at radius 3 is 2.62 bits per heavy atom. The number of nitrogens with one attached hydrogen (secondary N) is 1. The SMILES string of the molecule is CS(=O)(=O)Nc1cccc(N)c1O. The van der Waals surface area contributed by atoms with Crippen molar-refractivity contribution in [2.75, 3.05) is 16.7 Å². The van der Waals surface area contributed by atoms with Gasteiger partial charge in [-0.05, 0) is 12.1 Å². The van der Waals surface area contributed by atoms with Crippen molar-refractivity contribution in [3.05, 3.63) is 18.2 Å². The topological polar surface area (TPSA) is 92.4 Å². The molecule has 0 atom stereocenters. The molecule has 0 amide bonds. The summed E-state index contributed by atoms with van der Waals surface area (Å²) in [4.78, 5) is 0. The number of anilines is 2. The van der Waals surface area contributed by atoms with Crippen LogP contribution >= 0.6 is 0 Å². The first-order chi connectivity index (χ1) is 5.90. The Bertz CT molecular complexity index is 414. The van der Waals surface area contributed by atoms with E-state index in [1.54, 1.807) is 6.07 Å². The predicted octanol–water partition coefficient (Wildman–Crippen LogP) is 0.346. The average Bonchev–Trinajstić information content (AvgIpc) is 1.96. The smallest absolute Gasteiger partial charge is 0.229 e. The van der Waals surface area contributed by atoms with E-state index in [2.05, 4.69) is 4.72 Å². The summed E-state index contributed by atoms with van der Waals surface area (Å²) in [5.74, 6) is -0.257. The van der Waals surface area contributed by atoms with Gasteiger partial charge in [-0.15, -0.1) is 0 Å². The highest BCUT2D eigenvalue weighted by molar-refractivity contribution is 7.92. The molecule has 1 rings (SSSR count). The highest BCUT2D eigenvalue weighted by atomic mass is 32.2. The molecule has 0 aliphatic carbocycles. The van der Waals surface area contributed by atoms with Crippen LogP contribution in [0.1, 0.15) is 0 Å². The molecule has 0 aliphatic heterocycles. The van der Waals surface area contributed by atoms with Crippen molar-refractivity contribution in [1.29, 1.82) is 0 Å². The van der Waals surface area contributed by atoms with E-state index in [0.717, 1.165) is 6.26 Å². The highest BCUT2D eigenvalue weighted by Gasteiger charge is 2.07. The van der Waals surface area contributed by atoms with Crippen molar-refractivity contribution in [2.45, 2.75) is 0 Å². The van der Waals surface area contributed by atoms with Crippen LogP contribution in [0.5, 0.6) is 5.75 Å². The van der Waals surface area contributed by atoms with Crippen LogP contribution < -0.4 is 10.5 Å². The number of rotatable bonds is 2. The van der Waals surface area contributed by atoms with Gasteiger partial charge in [0.1, 0.15) is 0 Å². The number of benzene rings is 1. The maximum absolute atomic E-state index is 10.8. The number of para-hydroxylation sites is 1. The van der Waals surface area contributed by atoms with Gasteiger partial charge in [-0.1, -0.05) is 6.07 Å². The number of aromatic hydroxyl groups is 1. The van der Waals surface area contributed by atoms with E-state index < -0.39 is 10.0 Å². The van der Waals surface area contributed by atoms with E-state index in [-0.39, 0.29) is 17.1 Å². The Balaban J connectivity index is 3.10. The summed E-state index contributed by atoms with van der Waals surface area (Å²) < 4.78 is 23.7. The number of phenols is 1. The van der Waals surface area contributed by atoms with Crippen molar-refractivity contribution in [3.63, 3.8) is 0 Å². The minimum Gasteiger partial charge on any atom is -0.504 e. The fourth-order valence-electron chi connectivity index (χ4n) is 0.843. The predicted molar refractivity (Wildman–Crippen MR) is 51.0 cm³/mol. The first-order valence-corrected chi connectivity index (χ1v) is 5.34. The number of hydrogen-bond donors (Lipinski definition) is 3. The zero-order valence-corrected chi connectivity index (χ0v) is 7.80. The Hall–Kier alpha value is -1.43. The second kappa shape index (κ2) is 3.14. The van der Waals surface area contributed by atoms with Gasteiger partial charge in [-0.2, -0.15) is 0 Å². The van der Waals surface area contributed by atoms with Crippen molar-refractivity contribution in [3.8, 4) is 5.75 Å². The molecule has 72 valence electrons. The van der Waals surface area contributed by atoms with E-state index in [4.69, 9.17) is 5.73 Å². The minimum absolute atomic E-state index is 0.0856. The molecule has 1 aromatic rings. The number of nitrogens with two attached hydrogens (primary N) is 1. The van der Waals surface area contributed by atoms with Crippen LogP contribution in [0.2, 0.25) is 0 Å². The first kappa shape index (κ1) is 9.66. The fraction of sp³-hybridized carbons (Fsp3) is 0.143. The molecule has 0 saturated carbocycles. The maximum atomic E-state index is 10.8. The number of phenolic OH excluding ortho intramolecular Hbond substituents is 1. The Kier molecular flexibility index (Phi) is 2.33. The van der Waals surface area contributed by atoms with Gasteiger partial charge in [-0.25, -0.2) is 8.42 Å². The minimum atomic E-state index is -3.38. The van der Waals surface area contributed by atoms with Crippen LogP contribution in [0, 0.1) is 0 Å². The molecule has 0 aliphatic rings. The largest absolute Gasteiger partial charge is 0.504 e. The average molecular weight is 202 g/mol. The van der Waals surface area contributed by atoms with Gasteiger partial charge >= 0.3 is 0 Å². The molecular formula is C7H10N2O3S. The third kappa shape index (κ3) is 2.51. The molecule has 0 spiro atoms. The summed E-state index contributed by atoms with van der Waals surface area (Å²) in [6.07, 6.45) is 0.996. The summed E-state index contributed by atoms with van der Waals surface area (Å²) in [7, 11) is -3.38. The van der Waals surface area contributed by atoms with Crippen molar-refractivity contribution < 1.29 is 13.5 Å². The maximum Gasteiger partial charge on any atom is 0.229 e. The summed E-state index contributed by atoms with van der Waals surface area (Å²) >= 11 is 0. The number of hydrogen-bond acceptors (Lipinski definition) is 4. The normalized spacial score (nSPS) is 11.2. The quantitative estimate of drug-likeness (QED) is 0.476. The zero-order valence-electron chi connectivity index (χ0n) is 6.98. The lowest BCUT2D eigenvalue weighted by Crippen LogP contribution is -2.09. The molecular weight excluding hydrogens is 192 g/mol. The lowest BCUT2D eigenvalue weighted by molar-refractivity contribution is 0.480. The third-order valence-corrected chi connectivity index (χ3v) is 1.95. The first-order valence-electron chi connectivity index (χ1n) is 3.45. The van der Waals surface area contributed by atoms with E-state index in [9.17, 15) is 13.5 Å². The van der Waals surface area contributed by atoms with Gasteiger partial charge in [-0.3, -0.25) is 4.72 Å². The number of nitrogen functional groups attached to an aromatic ring is 1. The van der Waals surface area contributed by atoms with Crippen LogP contribution in [0.25, 0.3) is 0 Å².